The highest BCUT2D eigenvalue weighted by Gasteiger charge is 2.14. The predicted molar refractivity (Wildman–Crippen MR) is 75.0 cm³/mol. The number of anilines is 1. The molecule has 8 nitrogen and oxygen atoms in total. The molecule has 0 aliphatic rings. The highest BCUT2D eigenvalue weighted by Crippen LogP contribution is 2.18. The highest BCUT2D eigenvalue weighted by atomic mass is 32.1. The van der Waals surface area contributed by atoms with E-state index < -0.39 is 0 Å². The van der Waals surface area contributed by atoms with Crippen molar-refractivity contribution in [3.63, 3.8) is 0 Å². The van der Waals surface area contributed by atoms with E-state index >= 15 is 0 Å². The van der Waals surface area contributed by atoms with Crippen molar-refractivity contribution < 1.29 is 4.79 Å². The van der Waals surface area contributed by atoms with Gasteiger partial charge in [-0.2, -0.15) is 0 Å². The SMILES string of the molecule is N=C(N)c1nc(NC(=O)c2nccs2)cc2[nH]cnc12. The largest absolute Gasteiger partial charge is 0.382 e. The highest BCUT2D eigenvalue weighted by molar-refractivity contribution is 7.11. The molecular weight excluding hydrogens is 278 g/mol. The number of thiazole rings is 1. The second-order valence-electron chi connectivity index (χ2n) is 3.86. The monoisotopic (exact) mass is 287 g/mol. The van der Waals surface area contributed by atoms with Crippen LogP contribution in [0.15, 0.2) is 24.0 Å². The molecule has 0 saturated heterocycles. The maximum absolute atomic E-state index is 11.9. The maximum Gasteiger partial charge on any atom is 0.285 e. The van der Waals surface area contributed by atoms with Gasteiger partial charge in [-0.05, 0) is 0 Å². The van der Waals surface area contributed by atoms with E-state index in [0.717, 1.165) is 0 Å². The fourth-order valence-electron chi connectivity index (χ4n) is 1.70. The average Bonchev–Trinajstić information content (AvgIpc) is 3.08. The first kappa shape index (κ1) is 12.2. The van der Waals surface area contributed by atoms with E-state index in [9.17, 15) is 4.79 Å². The quantitative estimate of drug-likeness (QED) is 0.420. The normalized spacial score (nSPS) is 10.6. The number of H-pyrrole nitrogens is 1. The summed E-state index contributed by atoms with van der Waals surface area (Å²) in [7, 11) is 0. The van der Waals surface area contributed by atoms with Crippen molar-refractivity contribution in [1.29, 1.82) is 5.41 Å². The van der Waals surface area contributed by atoms with E-state index in [1.165, 1.54) is 17.7 Å². The summed E-state index contributed by atoms with van der Waals surface area (Å²) in [6.45, 7) is 0. The summed E-state index contributed by atoms with van der Waals surface area (Å²) < 4.78 is 0. The number of fused-ring (bicyclic) bond motifs is 1. The number of imidazole rings is 1. The molecule has 0 unspecified atom stereocenters. The number of hydrogen-bond donors (Lipinski definition) is 4. The lowest BCUT2D eigenvalue weighted by atomic mass is 10.2. The second kappa shape index (κ2) is 4.70. The van der Waals surface area contributed by atoms with Gasteiger partial charge in [0.1, 0.15) is 22.9 Å². The lowest BCUT2D eigenvalue weighted by molar-refractivity contribution is 0.102. The summed E-state index contributed by atoms with van der Waals surface area (Å²) in [4.78, 5) is 26.9. The van der Waals surface area contributed by atoms with E-state index in [0.29, 0.717) is 16.0 Å². The summed E-state index contributed by atoms with van der Waals surface area (Å²) in [5.41, 5.74) is 6.83. The van der Waals surface area contributed by atoms with Crippen LogP contribution in [0.4, 0.5) is 5.82 Å². The number of nitrogens with two attached hydrogens (primary N) is 1. The van der Waals surface area contributed by atoms with Crippen LogP contribution in [0.2, 0.25) is 0 Å². The summed E-state index contributed by atoms with van der Waals surface area (Å²) in [6.07, 6.45) is 3.03. The zero-order valence-electron chi connectivity index (χ0n) is 10.0. The molecule has 0 spiro atoms. The zero-order chi connectivity index (χ0) is 14.1. The summed E-state index contributed by atoms with van der Waals surface area (Å²) in [5.74, 6) is -0.291. The Morgan fingerprint density at radius 3 is 3.00 bits per heavy atom. The molecule has 0 aliphatic heterocycles. The number of carbonyl (C=O) groups is 1. The minimum absolute atomic E-state index is 0.215. The molecule has 3 aromatic heterocycles. The van der Waals surface area contributed by atoms with Gasteiger partial charge in [0, 0.05) is 17.6 Å². The van der Waals surface area contributed by atoms with E-state index in [-0.39, 0.29) is 23.3 Å². The van der Waals surface area contributed by atoms with Crippen molar-refractivity contribution in [2.24, 2.45) is 5.73 Å². The van der Waals surface area contributed by atoms with Gasteiger partial charge in [-0.3, -0.25) is 10.2 Å². The van der Waals surface area contributed by atoms with Crippen molar-refractivity contribution in [3.05, 3.63) is 34.7 Å². The number of carbonyl (C=O) groups excluding carboxylic acids is 1. The summed E-state index contributed by atoms with van der Waals surface area (Å²) >= 11 is 1.23. The third-order valence-corrected chi connectivity index (χ3v) is 3.30. The number of aromatic amines is 1. The third kappa shape index (κ3) is 2.10. The summed E-state index contributed by atoms with van der Waals surface area (Å²) in [6, 6.07) is 1.63. The van der Waals surface area contributed by atoms with Crippen LogP contribution in [0.3, 0.4) is 0 Å². The Labute approximate surface area is 116 Å². The van der Waals surface area contributed by atoms with Crippen molar-refractivity contribution in [1.82, 2.24) is 19.9 Å². The van der Waals surface area contributed by atoms with E-state index in [1.807, 2.05) is 0 Å². The number of hydrogen-bond acceptors (Lipinski definition) is 6. The van der Waals surface area contributed by atoms with Crippen LogP contribution in [0.5, 0.6) is 0 Å². The topological polar surface area (TPSA) is 133 Å². The molecule has 0 atom stereocenters. The molecule has 9 heteroatoms. The van der Waals surface area contributed by atoms with Gasteiger partial charge in [0.05, 0.1) is 11.8 Å². The van der Waals surface area contributed by atoms with Gasteiger partial charge in [-0.1, -0.05) is 0 Å². The van der Waals surface area contributed by atoms with Crippen LogP contribution < -0.4 is 11.1 Å². The number of amidine groups is 1. The Balaban J connectivity index is 2.00. The van der Waals surface area contributed by atoms with Crippen LogP contribution in [-0.4, -0.2) is 31.7 Å². The molecule has 100 valence electrons. The molecule has 0 fully saturated rings. The fourth-order valence-corrected chi connectivity index (χ4v) is 2.23. The number of nitrogens with one attached hydrogen (secondary N) is 3. The van der Waals surface area contributed by atoms with E-state index in [4.69, 9.17) is 11.1 Å². The second-order valence-corrected chi connectivity index (χ2v) is 4.75. The maximum atomic E-state index is 11.9. The Morgan fingerprint density at radius 1 is 1.45 bits per heavy atom. The molecule has 3 heterocycles. The molecule has 0 radical (unpaired) electrons. The molecule has 0 aliphatic carbocycles. The first-order chi connectivity index (χ1) is 9.65. The fraction of sp³-hybridized carbons (Fsp3) is 0. The van der Waals surface area contributed by atoms with Gasteiger partial charge in [-0.25, -0.2) is 15.0 Å². The predicted octanol–water partition coefficient (Wildman–Crippen LogP) is 0.951. The van der Waals surface area contributed by atoms with E-state index in [2.05, 4.69) is 25.3 Å². The number of nitrogen functional groups attached to an aromatic ring is 1. The average molecular weight is 287 g/mol. The van der Waals surface area contributed by atoms with Gasteiger partial charge in [-0.15, -0.1) is 11.3 Å². The van der Waals surface area contributed by atoms with Crippen LogP contribution in [0, 0.1) is 5.41 Å². The third-order valence-electron chi connectivity index (χ3n) is 2.53. The Hall–Kier alpha value is -2.81. The molecule has 5 N–H and O–H groups in total. The van der Waals surface area contributed by atoms with Crippen LogP contribution >= 0.6 is 11.3 Å². The molecule has 3 aromatic rings. The van der Waals surface area contributed by atoms with Crippen molar-refractivity contribution in [2.45, 2.75) is 0 Å². The molecule has 20 heavy (non-hydrogen) atoms. The van der Waals surface area contributed by atoms with Gasteiger partial charge in [0.25, 0.3) is 5.91 Å². The molecule has 0 bridgehead atoms. The first-order valence-corrected chi connectivity index (χ1v) is 6.42. The summed E-state index contributed by atoms with van der Waals surface area (Å²) in [5, 5.41) is 12.2. The number of pyridine rings is 1. The number of aromatic nitrogens is 4. The minimum atomic E-state index is -0.360. The lowest BCUT2D eigenvalue weighted by Crippen LogP contribution is -2.17. The molecule has 0 aromatic carbocycles. The molecule has 3 rings (SSSR count). The number of rotatable bonds is 3. The van der Waals surface area contributed by atoms with Gasteiger partial charge in [0.2, 0.25) is 0 Å². The van der Waals surface area contributed by atoms with Gasteiger partial charge < -0.3 is 16.0 Å². The minimum Gasteiger partial charge on any atom is -0.382 e. The van der Waals surface area contributed by atoms with Gasteiger partial charge >= 0.3 is 0 Å². The van der Waals surface area contributed by atoms with Crippen LogP contribution in [-0.2, 0) is 0 Å². The number of nitrogens with zero attached hydrogens (tertiary/aromatic N) is 3. The zero-order valence-corrected chi connectivity index (χ0v) is 10.9. The number of amides is 1. The van der Waals surface area contributed by atoms with Crippen LogP contribution in [0.1, 0.15) is 15.5 Å². The Morgan fingerprint density at radius 2 is 2.30 bits per heavy atom. The lowest BCUT2D eigenvalue weighted by Gasteiger charge is -2.05. The van der Waals surface area contributed by atoms with Crippen LogP contribution in [0.25, 0.3) is 11.0 Å². The molecule has 1 amide bonds. The van der Waals surface area contributed by atoms with Crippen molar-refractivity contribution >= 4 is 39.9 Å². The smallest absolute Gasteiger partial charge is 0.285 e. The van der Waals surface area contributed by atoms with Gasteiger partial charge in [0.15, 0.2) is 5.01 Å². The standard InChI is InChI=1S/C11H9N7OS/c12-9(13)8-7-5(15-4-16-7)3-6(17-8)18-10(19)11-14-1-2-20-11/h1-4H,(H3,12,13)(H,15,16)(H,17,18,19). The molecular formula is C11H9N7OS. The Kier molecular flexibility index (Phi) is 2.88. The Bertz CT molecular complexity index is 792. The van der Waals surface area contributed by atoms with Crippen molar-refractivity contribution in [2.75, 3.05) is 5.32 Å². The first-order valence-electron chi connectivity index (χ1n) is 5.54. The van der Waals surface area contributed by atoms with Crippen molar-refractivity contribution in [3.8, 4) is 0 Å². The molecule has 0 saturated carbocycles. The van der Waals surface area contributed by atoms with E-state index in [1.54, 1.807) is 17.6 Å².